The molecule has 3 aromatic rings. The molecule has 2 saturated heterocycles. The molecule has 2 aromatic heterocycles. The zero-order valence-corrected chi connectivity index (χ0v) is 40.8. The van der Waals surface area contributed by atoms with E-state index in [2.05, 4.69) is 15.0 Å². The van der Waals surface area contributed by atoms with Crippen LogP contribution in [0.5, 0.6) is 11.5 Å². The topological polar surface area (TPSA) is 207 Å². The maximum atomic E-state index is 15.5. The Labute approximate surface area is 403 Å². The van der Waals surface area contributed by atoms with Crippen LogP contribution in [0, 0.1) is 17.8 Å². The Morgan fingerprint density at radius 3 is 2.41 bits per heavy atom. The highest BCUT2D eigenvalue weighted by Gasteiger charge is 2.66. The van der Waals surface area contributed by atoms with E-state index in [-0.39, 0.29) is 61.5 Å². The van der Waals surface area contributed by atoms with Gasteiger partial charge in [-0.15, -0.1) is 11.3 Å². The molecule has 2 saturated carbocycles. The number of nitrogens with zero attached hydrogens (tertiary/aromatic N) is 4. The van der Waals surface area contributed by atoms with Gasteiger partial charge in [0, 0.05) is 42.0 Å². The summed E-state index contributed by atoms with van der Waals surface area (Å²) in [5.74, 6) is -3.83. The highest BCUT2D eigenvalue weighted by atomic mass is 32.2. The minimum atomic E-state index is -5.17. The second-order valence-corrected chi connectivity index (χ2v) is 22.8. The van der Waals surface area contributed by atoms with E-state index in [0.717, 1.165) is 4.90 Å². The molecule has 374 valence electrons. The number of allylic oxidation sites excluding steroid dienone is 1. The Morgan fingerprint density at radius 1 is 1.06 bits per heavy atom. The molecule has 0 bridgehead atoms. The Kier molecular flexibility index (Phi) is 13.9. The van der Waals surface area contributed by atoms with Crippen molar-refractivity contribution in [1.29, 1.82) is 0 Å². The summed E-state index contributed by atoms with van der Waals surface area (Å²) >= 11 is 1.35. The second kappa shape index (κ2) is 19.1. The van der Waals surface area contributed by atoms with Gasteiger partial charge in [-0.25, -0.2) is 23.2 Å². The minimum Gasteiger partial charge on any atom is -0.491 e. The number of aromatic nitrogens is 2. The molecule has 8 rings (SSSR count). The van der Waals surface area contributed by atoms with E-state index >= 15 is 18.0 Å². The number of benzene rings is 1. The molecule has 8 atom stereocenters. The second-order valence-electron chi connectivity index (χ2n) is 19.9. The van der Waals surface area contributed by atoms with Gasteiger partial charge in [-0.1, -0.05) is 26.0 Å². The van der Waals surface area contributed by atoms with Crippen LogP contribution in [0.15, 0.2) is 59.4 Å². The summed E-state index contributed by atoms with van der Waals surface area (Å²) in [7, 11) is -4.16. The third kappa shape index (κ3) is 10.2. The van der Waals surface area contributed by atoms with E-state index in [1.54, 1.807) is 48.2 Å². The maximum Gasteiger partial charge on any atom is 0.414 e. The molecular weight excluding hydrogens is 942 g/mol. The monoisotopic (exact) mass is 1000 g/mol. The fraction of sp³-hybridized carbons (Fsp3) is 0.583. The molecule has 4 fully saturated rings. The zero-order valence-electron chi connectivity index (χ0n) is 39.2. The van der Waals surface area contributed by atoms with Gasteiger partial charge in [-0.3, -0.25) is 24.0 Å². The van der Waals surface area contributed by atoms with Gasteiger partial charge in [0.15, 0.2) is 5.54 Å². The number of hydrogen-bond donors (Lipinski definition) is 3. The van der Waals surface area contributed by atoms with Crippen molar-refractivity contribution in [2.24, 2.45) is 17.8 Å². The number of ether oxygens (including phenoxy) is 3. The number of fused-ring (bicyclic) bond motifs is 2. The highest BCUT2D eigenvalue weighted by molar-refractivity contribution is 7.91. The van der Waals surface area contributed by atoms with Gasteiger partial charge in [-0.05, 0) is 108 Å². The van der Waals surface area contributed by atoms with E-state index in [0.29, 0.717) is 54.1 Å². The Balaban J connectivity index is 1.20. The third-order valence-electron chi connectivity index (χ3n) is 14.2. The lowest BCUT2D eigenvalue weighted by Gasteiger charge is -2.50. The smallest absolute Gasteiger partial charge is 0.414 e. The first-order chi connectivity index (χ1) is 32.6. The Morgan fingerprint density at radius 2 is 1.78 bits per heavy atom. The lowest BCUT2D eigenvalue weighted by molar-refractivity contribution is -0.260. The van der Waals surface area contributed by atoms with Crippen molar-refractivity contribution < 1.29 is 60.1 Å². The molecule has 1 aromatic carbocycles. The summed E-state index contributed by atoms with van der Waals surface area (Å²) in [5.41, 5.74) is -1.04. The molecule has 5 heterocycles. The van der Waals surface area contributed by atoms with Crippen molar-refractivity contribution in [2.75, 3.05) is 19.8 Å². The summed E-state index contributed by atoms with van der Waals surface area (Å²) in [5, 5.41) is 15.5. The van der Waals surface area contributed by atoms with Gasteiger partial charge in [0.25, 0.3) is 5.91 Å². The third-order valence-corrected chi connectivity index (χ3v) is 17.0. The molecule has 21 heteroatoms. The van der Waals surface area contributed by atoms with Crippen molar-refractivity contribution in [3.63, 3.8) is 0 Å². The van der Waals surface area contributed by atoms with E-state index in [1.165, 1.54) is 18.3 Å². The number of sulfonamides is 1. The summed E-state index contributed by atoms with van der Waals surface area (Å²) in [4.78, 5) is 68.7. The molecule has 3 aliphatic heterocycles. The minimum absolute atomic E-state index is 0.0347. The van der Waals surface area contributed by atoms with Crippen molar-refractivity contribution in [1.82, 2.24) is 29.8 Å². The van der Waals surface area contributed by atoms with Crippen LogP contribution in [-0.4, -0.2) is 123 Å². The highest BCUT2D eigenvalue weighted by Crippen LogP contribution is 2.49. The van der Waals surface area contributed by atoms with Crippen LogP contribution in [0.4, 0.5) is 18.0 Å². The van der Waals surface area contributed by atoms with Crippen LogP contribution >= 0.6 is 11.3 Å². The van der Waals surface area contributed by atoms with Crippen molar-refractivity contribution in [3.8, 4) is 34.1 Å². The van der Waals surface area contributed by atoms with Crippen LogP contribution < -0.4 is 19.5 Å². The first kappa shape index (κ1) is 50.1. The number of carbonyl (C=O) groups excluding carboxylic acids is 3. The summed E-state index contributed by atoms with van der Waals surface area (Å²) < 4.78 is 92.2. The van der Waals surface area contributed by atoms with E-state index in [1.807, 2.05) is 39.0 Å². The van der Waals surface area contributed by atoms with Gasteiger partial charge < -0.3 is 29.5 Å². The molecule has 0 spiro atoms. The molecule has 2 aliphatic carbocycles. The summed E-state index contributed by atoms with van der Waals surface area (Å²) in [6, 6.07) is 7.10. The van der Waals surface area contributed by atoms with Crippen LogP contribution in [0.1, 0.15) is 92.4 Å². The lowest BCUT2D eigenvalue weighted by atomic mass is 9.82. The average molecular weight is 1000 g/mol. The number of amides is 4. The number of pyridine rings is 1. The Bertz CT molecular complexity index is 2550. The number of carbonyl (C=O) groups is 4. The fourth-order valence-electron chi connectivity index (χ4n) is 10.0. The predicted molar refractivity (Wildman–Crippen MR) is 249 cm³/mol. The number of hydrogen-bond acceptors (Lipinski definition) is 12. The molecule has 4 amide bonds. The first-order valence-electron chi connectivity index (χ1n) is 23.4. The molecule has 0 radical (unpaired) electrons. The van der Waals surface area contributed by atoms with E-state index in [4.69, 9.17) is 19.2 Å². The average Bonchev–Trinajstić information content (AvgIpc) is 4.04. The fourth-order valence-corrected chi connectivity index (χ4v) is 11.9. The molecule has 3 N–H and O–H groups in total. The van der Waals surface area contributed by atoms with Crippen LogP contribution in [0.2, 0.25) is 0 Å². The lowest BCUT2D eigenvalue weighted by Crippen LogP contribution is -2.71. The van der Waals surface area contributed by atoms with E-state index < -0.39 is 98.9 Å². The first-order valence-corrected chi connectivity index (χ1v) is 25.9. The molecule has 69 heavy (non-hydrogen) atoms. The Hall–Kier alpha value is -5.28. The number of rotatable bonds is 11. The number of halogens is 3. The maximum absolute atomic E-state index is 15.5. The van der Waals surface area contributed by atoms with E-state index in [9.17, 15) is 27.9 Å². The predicted octanol–water partition coefficient (Wildman–Crippen LogP) is 7.35. The van der Waals surface area contributed by atoms with Crippen LogP contribution in [-0.2, 0) is 29.1 Å². The molecule has 1 unspecified atom stereocenters. The van der Waals surface area contributed by atoms with Crippen LogP contribution in [0.25, 0.3) is 22.6 Å². The standard InChI is InChI=1S/C48H59F3N6O10S2/c1-28(2)66-33-13-11-31(12-14-33)36-20-34(21-37(53-36)38-25-68-27-52-38)67-35-22-39-41(58)54-47(43(60)55-69(63,64)45(5)16-17-45)23-32(47)10-7-6-9-29(3)19-30(4)40(42(59)56(39)24-35)57(44(61)62)46(48(49,50)51)15-8-18-65-26-46/h7,10-14,20-21,25,27-30,32,35,39-40H,6,8-9,15-19,22-24,26H2,1-5H3,(H,54,58)(H,55,60)(H,61,62)/b10-7-/t29-,30-,32-,35-,39+,40+,46?,47-/m1/s1. The summed E-state index contributed by atoms with van der Waals surface area (Å²) in [6.45, 7) is 7.31. The van der Waals surface area contributed by atoms with Gasteiger partial charge in [-0.2, -0.15) is 13.2 Å². The van der Waals surface area contributed by atoms with Crippen molar-refractivity contribution >= 4 is 45.2 Å². The zero-order chi connectivity index (χ0) is 49.7. The largest absolute Gasteiger partial charge is 0.491 e. The molecule has 5 aliphatic rings. The normalized spacial score (nSPS) is 29.9. The summed E-state index contributed by atoms with van der Waals surface area (Å²) in [6.07, 6.45) is -3.88. The number of nitrogens with one attached hydrogen (secondary N) is 2. The van der Waals surface area contributed by atoms with Crippen LogP contribution in [0.3, 0.4) is 0 Å². The SMILES string of the molecule is CC(C)Oc1ccc(-c2cc(O[C@@H]3C[C@H]4C(=O)N[C@]5(C(=O)NS(=O)(=O)C6(C)CC6)C[C@H]5/C=C\CC[C@@H](C)C[C@@H](C)[C@H](N(C(=O)O)C5(C(F)(F)F)CCCOC5)C(=O)N4C3)cc(-c3cscn3)n2)cc1. The number of carboxylic acid groups (broad SMARTS) is 1. The van der Waals surface area contributed by atoms with Gasteiger partial charge >= 0.3 is 12.3 Å². The number of thiazole rings is 1. The van der Waals surface area contributed by atoms with Gasteiger partial charge in [0.05, 0.1) is 46.6 Å². The van der Waals surface area contributed by atoms with Gasteiger partial charge in [0.2, 0.25) is 21.8 Å². The molecule has 16 nitrogen and oxygen atoms in total. The van der Waals surface area contributed by atoms with Crippen molar-refractivity contribution in [3.05, 3.63) is 59.4 Å². The number of alkyl halides is 3. The van der Waals surface area contributed by atoms with Crippen molar-refractivity contribution in [2.45, 2.75) is 139 Å². The van der Waals surface area contributed by atoms with Gasteiger partial charge in [0.1, 0.15) is 35.2 Å². The molecular formula is C48H59F3N6O10S2. The quantitative estimate of drug-likeness (QED) is 0.161.